The van der Waals surface area contributed by atoms with Crippen LogP contribution in [0.2, 0.25) is 0 Å². The summed E-state index contributed by atoms with van der Waals surface area (Å²) >= 11 is 1.35. The second-order valence-electron chi connectivity index (χ2n) is 5.76. The van der Waals surface area contributed by atoms with E-state index in [0.717, 1.165) is 30.8 Å². The van der Waals surface area contributed by atoms with Gasteiger partial charge in [-0.05, 0) is 47.0 Å². The summed E-state index contributed by atoms with van der Waals surface area (Å²) in [6.07, 6.45) is 3.63. The average molecular weight is 355 g/mol. The predicted molar refractivity (Wildman–Crippen MR) is 93.5 cm³/mol. The van der Waals surface area contributed by atoms with Crippen LogP contribution in [0.4, 0.5) is 5.69 Å². The lowest BCUT2D eigenvalue weighted by atomic mass is 10.0. The third-order valence-electron chi connectivity index (χ3n) is 4.12. The van der Waals surface area contributed by atoms with Gasteiger partial charge in [0.25, 0.3) is 0 Å². The molecule has 0 unspecified atom stereocenters. The van der Waals surface area contributed by atoms with Crippen LogP contribution in [0.1, 0.15) is 17.7 Å². The Morgan fingerprint density at radius 2 is 2.16 bits per heavy atom. The molecular formula is C17H17N5O2S. The van der Waals surface area contributed by atoms with E-state index in [1.165, 1.54) is 17.3 Å². The van der Waals surface area contributed by atoms with Crippen LogP contribution < -0.4 is 4.90 Å². The molecule has 0 radical (unpaired) electrons. The molecule has 0 fully saturated rings. The van der Waals surface area contributed by atoms with Gasteiger partial charge in [-0.3, -0.25) is 4.79 Å². The summed E-state index contributed by atoms with van der Waals surface area (Å²) in [4.78, 5) is 14.6. The van der Waals surface area contributed by atoms with E-state index in [0.29, 0.717) is 17.5 Å². The van der Waals surface area contributed by atoms with E-state index in [4.69, 9.17) is 4.42 Å². The highest BCUT2D eigenvalue weighted by Gasteiger charge is 2.22. The number of carbonyl (C=O) groups excluding carboxylic acids is 1. The zero-order valence-electron chi connectivity index (χ0n) is 13.5. The smallest absolute Gasteiger partial charge is 0.237 e. The van der Waals surface area contributed by atoms with Crippen LogP contribution in [0, 0.1) is 0 Å². The van der Waals surface area contributed by atoms with Crippen LogP contribution in [-0.4, -0.2) is 38.4 Å². The summed E-state index contributed by atoms with van der Waals surface area (Å²) in [5, 5.41) is 12.3. The Bertz CT molecular complexity index is 862. The zero-order valence-corrected chi connectivity index (χ0v) is 14.4. The maximum Gasteiger partial charge on any atom is 0.237 e. The molecule has 0 saturated carbocycles. The molecule has 0 bridgehead atoms. The summed E-state index contributed by atoms with van der Waals surface area (Å²) < 4.78 is 6.96. The number of furan rings is 1. The predicted octanol–water partition coefficient (Wildman–Crippen LogP) is 2.39. The van der Waals surface area contributed by atoms with Crippen molar-refractivity contribution in [1.82, 2.24) is 20.2 Å². The Balaban J connectivity index is 1.43. The van der Waals surface area contributed by atoms with Crippen molar-refractivity contribution in [3.8, 4) is 0 Å². The topological polar surface area (TPSA) is 77.0 Å². The summed E-state index contributed by atoms with van der Waals surface area (Å²) in [6, 6.07) is 11.8. The Kier molecular flexibility index (Phi) is 4.51. The van der Waals surface area contributed by atoms with Crippen LogP contribution in [0.15, 0.2) is 52.2 Å². The Labute approximate surface area is 149 Å². The number of thioether (sulfide) groups is 1. The third kappa shape index (κ3) is 3.43. The van der Waals surface area contributed by atoms with E-state index in [-0.39, 0.29) is 5.91 Å². The zero-order chi connectivity index (χ0) is 17.1. The van der Waals surface area contributed by atoms with Crippen molar-refractivity contribution in [3.63, 3.8) is 0 Å². The number of para-hydroxylation sites is 1. The number of carbonyl (C=O) groups is 1. The molecule has 8 heteroatoms. The fraction of sp³-hybridized carbons (Fsp3) is 0.294. The van der Waals surface area contributed by atoms with Gasteiger partial charge in [-0.2, -0.15) is 0 Å². The van der Waals surface area contributed by atoms with Gasteiger partial charge in [0.2, 0.25) is 11.1 Å². The molecule has 4 rings (SSSR count). The van der Waals surface area contributed by atoms with Gasteiger partial charge in [-0.1, -0.05) is 30.0 Å². The molecule has 0 aliphatic carbocycles. The Hall–Kier alpha value is -2.61. The number of tetrazole rings is 1. The number of aromatic nitrogens is 4. The number of hydrogen-bond acceptors (Lipinski definition) is 6. The van der Waals surface area contributed by atoms with Crippen molar-refractivity contribution in [1.29, 1.82) is 0 Å². The van der Waals surface area contributed by atoms with Gasteiger partial charge >= 0.3 is 0 Å². The SMILES string of the molecule is O=C(CSc1nnnn1Cc1ccco1)N1CCCc2ccccc21. The van der Waals surface area contributed by atoms with Gasteiger partial charge < -0.3 is 9.32 Å². The Morgan fingerprint density at radius 3 is 3.04 bits per heavy atom. The molecular weight excluding hydrogens is 338 g/mol. The maximum atomic E-state index is 12.7. The van der Waals surface area contributed by atoms with Crippen LogP contribution in [-0.2, 0) is 17.8 Å². The van der Waals surface area contributed by atoms with E-state index in [1.54, 1.807) is 10.9 Å². The standard InChI is InChI=1S/C17H17N5O2S/c23-16(21-9-3-6-13-5-1-2-8-15(13)21)12-25-17-18-19-20-22(17)11-14-7-4-10-24-14/h1-2,4-5,7-8,10H,3,6,9,11-12H2. The number of hydrogen-bond donors (Lipinski definition) is 0. The van der Waals surface area contributed by atoms with Crippen molar-refractivity contribution >= 4 is 23.4 Å². The first kappa shape index (κ1) is 15.9. The molecule has 7 nitrogen and oxygen atoms in total. The molecule has 25 heavy (non-hydrogen) atoms. The van der Waals surface area contributed by atoms with E-state index in [9.17, 15) is 4.79 Å². The fourth-order valence-corrected chi connectivity index (χ4v) is 3.70. The van der Waals surface area contributed by atoms with Gasteiger partial charge in [0.05, 0.1) is 12.0 Å². The van der Waals surface area contributed by atoms with Gasteiger partial charge in [0, 0.05) is 12.2 Å². The van der Waals surface area contributed by atoms with Crippen LogP contribution in [0.3, 0.4) is 0 Å². The normalized spacial score (nSPS) is 13.7. The van der Waals surface area contributed by atoms with Gasteiger partial charge in [0.1, 0.15) is 12.3 Å². The number of amides is 1. The molecule has 2 aromatic heterocycles. The lowest BCUT2D eigenvalue weighted by Crippen LogP contribution is -2.36. The van der Waals surface area contributed by atoms with E-state index >= 15 is 0 Å². The minimum atomic E-state index is 0.0738. The second kappa shape index (κ2) is 7.10. The van der Waals surface area contributed by atoms with E-state index in [2.05, 4.69) is 21.6 Å². The summed E-state index contributed by atoms with van der Waals surface area (Å²) in [7, 11) is 0. The Morgan fingerprint density at radius 1 is 1.24 bits per heavy atom. The third-order valence-corrected chi connectivity index (χ3v) is 5.06. The van der Waals surface area contributed by atoms with E-state index in [1.807, 2.05) is 35.2 Å². The van der Waals surface area contributed by atoms with Crippen molar-refractivity contribution in [2.45, 2.75) is 24.5 Å². The van der Waals surface area contributed by atoms with Gasteiger partial charge in [-0.15, -0.1) is 5.10 Å². The molecule has 128 valence electrons. The first-order valence-corrected chi connectivity index (χ1v) is 9.09. The highest BCUT2D eigenvalue weighted by Crippen LogP contribution is 2.28. The molecule has 1 aliphatic heterocycles. The average Bonchev–Trinajstić information content (AvgIpc) is 3.31. The molecule has 1 aromatic carbocycles. The van der Waals surface area contributed by atoms with E-state index < -0.39 is 0 Å². The van der Waals surface area contributed by atoms with Crippen LogP contribution >= 0.6 is 11.8 Å². The summed E-state index contributed by atoms with van der Waals surface area (Å²) in [5.74, 6) is 1.14. The summed E-state index contributed by atoms with van der Waals surface area (Å²) in [5.41, 5.74) is 2.25. The lowest BCUT2D eigenvalue weighted by Gasteiger charge is -2.29. The molecule has 0 atom stereocenters. The number of aryl methyl sites for hydroxylation is 1. The molecule has 3 aromatic rings. The van der Waals surface area contributed by atoms with Gasteiger partial charge in [-0.25, -0.2) is 4.68 Å². The van der Waals surface area contributed by atoms with Crippen molar-refractivity contribution in [2.24, 2.45) is 0 Å². The first-order chi connectivity index (χ1) is 12.3. The molecule has 1 aliphatic rings. The van der Waals surface area contributed by atoms with Crippen LogP contribution in [0.5, 0.6) is 0 Å². The largest absolute Gasteiger partial charge is 0.467 e. The molecule has 0 saturated heterocycles. The molecule has 1 amide bonds. The minimum Gasteiger partial charge on any atom is -0.467 e. The quantitative estimate of drug-likeness (QED) is 0.654. The lowest BCUT2D eigenvalue weighted by molar-refractivity contribution is -0.116. The van der Waals surface area contributed by atoms with Crippen molar-refractivity contribution < 1.29 is 9.21 Å². The summed E-state index contributed by atoms with van der Waals surface area (Å²) in [6.45, 7) is 1.21. The molecule has 0 N–H and O–H groups in total. The maximum absolute atomic E-state index is 12.7. The number of nitrogens with zero attached hydrogens (tertiary/aromatic N) is 5. The van der Waals surface area contributed by atoms with Gasteiger partial charge in [0.15, 0.2) is 0 Å². The van der Waals surface area contributed by atoms with Crippen molar-refractivity contribution in [3.05, 3.63) is 54.0 Å². The highest BCUT2D eigenvalue weighted by atomic mass is 32.2. The number of fused-ring (bicyclic) bond motifs is 1. The minimum absolute atomic E-state index is 0.0738. The molecule has 0 spiro atoms. The number of benzene rings is 1. The first-order valence-electron chi connectivity index (χ1n) is 8.11. The monoisotopic (exact) mass is 355 g/mol. The van der Waals surface area contributed by atoms with Crippen LogP contribution in [0.25, 0.3) is 0 Å². The highest BCUT2D eigenvalue weighted by molar-refractivity contribution is 7.99. The molecule has 3 heterocycles. The fourth-order valence-electron chi connectivity index (χ4n) is 2.95. The number of rotatable bonds is 5. The number of anilines is 1. The second-order valence-corrected chi connectivity index (χ2v) is 6.71. The van der Waals surface area contributed by atoms with Crippen molar-refractivity contribution in [2.75, 3.05) is 17.2 Å².